The van der Waals surface area contributed by atoms with Crippen molar-refractivity contribution in [3.8, 4) is 5.75 Å². The highest BCUT2D eigenvalue weighted by atomic mass is 16.6. The lowest BCUT2D eigenvalue weighted by molar-refractivity contribution is -0.157. The molecule has 0 aliphatic heterocycles. The van der Waals surface area contributed by atoms with E-state index in [9.17, 15) is 9.59 Å². The molecule has 1 atom stereocenters. The van der Waals surface area contributed by atoms with Crippen LogP contribution in [0.4, 0.5) is 0 Å². The van der Waals surface area contributed by atoms with Gasteiger partial charge < -0.3 is 14.6 Å². The van der Waals surface area contributed by atoms with Crippen LogP contribution in [0.3, 0.4) is 0 Å². The van der Waals surface area contributed by atoms with Crippen LogP contribution in [-0.4, -0.2) is 30.8 Å². The molecule has 1 rings (SSSR count). The van der Waals surface area contributed by atoms with Crippen LogP contribution in [0, 0.1) is 0 Å². The highest BCUT2D eigenvalue weighted by Crippen LogP contribution is 2.19. The number of rotatable bonds is 4. The van der Waals surface area contributed by atoms with Gasteiger partial charge in [-0.2, -0.15) is 0 Å². The first kappa shape index (κ1) is 13.0. The highest BCUT2D eigenvalue weighted by molar-refractivity contribution is 5.80. The van der Waals surface area contributed by atoms with Crippen molar-refractivity contribution < 1.29 is 24.2 Å². The molecule has 0 radical (unpaired) electrons. The predicted molar refractivity (Wildman–Crippen MR) is 59.5 cm³/mol. The Morgan fingerprint density at radius 1 is 1.29 bits per heavy atom. The van der Waals surface area contributed by atoms with Gasteiger partial charge in [-0.25, -0.2) is 4.79 Å². The fourth-order valence-corrected chi connectivity index (χ4v) is 1.21. The topological polar surface area (TPSA) is 72.8 Å². The van der Waals surface area contributed by atoms with E-state index in [1.807, 2.05) is 0 Å². The Morgan fingerprint density at radius 2 is 1.88 bits per heavy atom. The number of hydrogen-bond donors (Lipinski definition) is 1. The molecule has 5 nitrogen and oxygen atoms in total. The third-order valence-corrected chi connectivity index (χ3v) is 2.31. The average Bonchev–Trinajstić information content (AvgIpc) is 2.35. The summed E-state index contributed by atoms with van der Waals surface area (Å²) in [6.45, 7) is 1.27. The molecule has 0 amide bonds. The molecule has 1 unspecified atom stereocenters. The van der Waals surface area contributed by atoms with Gasteiger partial charge in [-0.3, -0.25) is 4.79 Å². The molecule has 0 spiro atoms. The minimum atomic E-state index is -0.601. The monoisotopic (exact) mass is 238 g/mol. The van der Waals surface area contributed by atoms with Crippen molar-refractivity contribution in [1.82, 2.24) is 0 Å². The maximum atomic E-state index is 11.6. The fraction of sp³-hybridized carbons (Fsp3) is 0.333. The van der Waals surface area contributed by atoms with Gasteiger partial charge in [0.25, 0.3) is 0 Å². The lowest BCUT2D eigenvalue weighted by atomic mass is 10.0. The zero-order chi connectivity index (χ0) is 12.8. The van der Waals surface area contributed by atoms with Crippen molar-refractivity contribution in [2.75, 3.05) is 13.7 Å². The van der Waals surface area contributed by atoms with Crippen LogP contribution in [-0.2, 0) is 19.1 Å². The van der Waals surface area contributed by atoms with E-state index >= 15 is 0 Å². The van der Waals surface area contributed by atoms with E-state index in [2.05, 4.69) is 4.74 Å². The first-order valence-corrected chi connectivity index (χ1v) is 5.07. The van der Waals surface area contributed by atoms with Gasteiger partial charge >= 0.3 is 11.9 Å². The first-order chi connectivity index (χ1) is 8.04. The van der Waals surface area contributed by atoms with E-state index < -0.39 is 24.5 Å². The molecule has 0 saturated heterocycles. The smallest absolute Gasteiger partial charge is 0.344 e. The van der Waals surface area contributed by atoms with Crippen LogP contribution in [0.15, 0.2) is 24.3 Å². The number of carbonyl (C=O) groups is 2. The number of methoxy groups -OCH3 is 1. The second kappa shape index (κ2) is 5.89. The summed E-state index contributed by atoms with van der Waals surface area (Å²) in [4.78, 5) is 22.3. The zero-order valence-electron chi connectivity index (χ0n) is 9.67. The number of ether oxygens (including phenoxy) is 2. The van der Waals surface area contributed by atoms with E-state index in [1.54, 1.807) is 19.1 Å². The molecule has 5 heteroatoms. The summed E-state index contributed by atoms with van der Waals surface area (Å²) in [7, 11) is 1.22. The minimum Gasteiger partial charge on any atom is -0.508 e. The molecule has 0 bridgehead atoms. The molecule has 0 saturated carbocycles. The highest BCUT2D eigenvalue weighted by Gasteiger charge is 2.17. The van der Waals surface area contributed by atoms with Gasteiger partial charge in [0.2, 0.25) is 0 Å². The van der Waals surface area contributed by atoms with Gasteiger partial charge in [0, 0.05) is 0 Å². The van der Waals surface area contributed by atoms with Crippen molar-refractivity contribution >= 4 is 11.9 Å². The molecule has 1 aromatic carbocycles. The predicted octanol–water partition coefficient (Wildman–Crippen LogP) is 1.21. The number of carbonyl (C=O) groups excluding carboxylic acids is 2. The van der Waals surface area contributed by atoms with Crippen LogP contribution in [0.1, 0.15) is 18.4 Å². The number of benzene rings is 1. The van der Waals surface area contributed by atoms with Crippen molar-refractivity contribution in [2.24, 2.45) is 0 Å². The van der Waals surface area contributed by atoms with Crippen LogP contribution in [0.2, 0.25) is 0 Å². The van der Waals surface area contributed by atoms with E-state index in [4.69, 9.17) is 9.84 Å². The first-order valence-electron chi connectivity index (χ1n) is 5.07. The van der Waals surface area contributed by atoms with E-state index in [-0.39, 0.29) is 5.75 Å². The SMILES string of the molecule is COC(=O)COC(=O)C(C)c1ccc(O)cc1. The molecule has 17 heavy (non-hydrogen) atoms. The van der Waals surface area contributed by atoms with Crippen LogP contribution in [0.5, 0.6) is 5.75 Å². The normalized spacial score (nSPS) is 11.6. The van der Waals surface area contributed by atoms with E-state index in [0.29, 0.717) is 5.56 Å². The largest absolute Gasteiger partial charge is 0.508 e. The van der Waals surface area contributed by atoms with Gasteiger partial charge in [-0.1, -0.05) is 12.1 Å². The molecule has 0 aromatic heterocycles. The molecule has 1 aromatic rings. The van der Waals surface area contributed by atoms with Gasteiger partial charge in [0.15, 0.2) is 6.61 Å². The van der Waals surface area contributed by atoms with E-state index in [0.717, 1.165) is 0 Å². The van der Waals surface area contributed by atoms with Gasteiger partial charge in [0.1, 0.15) is 5.75 Å². The van der Waals surface area contributed by atoms with Gasteiger partial charge in [-0.05, 0) is 24.6 Å². The Labute approximate surface area is 99.0 Å². The van der Waals surface area contributed by atoms with E-state index in [1.165, 1.54) is 19.2 Å². The third-order valence-electron chi connectivity index (χ3n) is 2.31. The number of esters is 2. The van der Waals surface area contributed by atoms with Crippen LogP contribution < -0.4 is 0 Å². The van der Waals surface area contributed by atoms with Crippen molar-refractivity contribution in [1.29, 1.82) is 0 Å². The molecule has 0 heterocycles. The Balaban J connectivity index is 2.57. The van der Waals surface area contributed by atoms with Gasteiger partial charge in [-0.15, -0.1) is 0 Å². The maximum Gasteiger partial charge on any atom is 0.344 e. The molecule has 0 aliphatic carbocycles. The summed E-state index contributed by atoms with van der Waals surface area (Å²) >= 11 is 0. The molecule has 1 N–H and O–H groups in total. The Kier molecular flexibility index (Phi) is 4.51. The van der Waals surface area contributed by atoms with Crippen molar-refractivity contribution in [3.05, 3.63) is 29.8 Å². The second-order valence-electron chi connectivity index (χ2n) is 3.50. The molecule has 92 valence electrons. The molecule has 0 fully saturated rings. The van der Waals surface area contributed by atoms with Crippen LogP contribution >= 0.6 is 0 Å². The lowest BCUT2D eigenvalue weighted by Crippen LogP contribution is -2.19. The summed E-state index contributed by atoms with van der Waals surface area (Å²) in [6.07, 6.45) is 0. The Morgan fingerprint density at radius 3 is 2.41 bits per heavy atom. The third kappa shape index (κ3) is 3.79. The average molecular weight is 238 g/mol. The summed E-state index contributed by atoms with van der Waals surface area (Å²) in [6, 6.07) is 6.22. The summed E-state index contributed by atoms with van der Waals surface area (Å²) in [5.41, 5.74) is 0.706. The molecule has 0 aliphatic rings. The quantitative estimate of drug-likeness (QED) is 0.798. The molecular weight excluding hydrogens is 224 g/mol. The number of phenols is 1. The second-order valence-corrected chi connectivity index (χ2v) is 3.50. The number of phenolic OH excluding ortho intramolecular Hbond substituents is 1. The molecular formula is C12H14O5. The Bertz CT molecular complexity index is 396. The maximum absolute atomic E-state index is 11.6. The number of aromatic hydroxyl groups is 1. The van der Waals surface area contributed by atoms with Crippen molar-refractivity contribution in [3.63, 3.8) is 0 Å². The summed E-state index contributed by atoms with van der Waals surface area (Å²) in [5.74, 6) is -1.48. The van der Waals surface area contributed by atoms with Crippen LogP contribution in [0.25, 0.3) is 0 Å². The summed E-state index contributed by atoms with van der Waals surface area (Å²) in [5, 5.41) is 9.11. The van der Waals surface area contributed by atoms with Gasteiger partial charge in [0.05, 0.1) is 13.0 Å². The minimum absolute atomic E-state index is 0.129. The zero-order valence-corrected chi connectivity index (χ0v) is 9.67. The summed E-state index contributed by atoms with van der Waals surface area (Å²) < 4.78 is 9.12. The van der Waals surface area contributed by atoms with Crippen molar-refractivity contribution in [2.45, 2.75) is 12.8 Å². The number of hydrogen-bond acceptors (Lipinski definition) is 5. The standard InChI is InChI=1S/C12H14O5/c1-8(9-3-5-10(13)6-4-9)12(15)17-7-11(14)16-2/h3-6,8,13H,7H2,1-2H3. The fourth-order valence-electron chi connectivity index (χ4n) is 1.21. The Hall–Kier alpha value is -2.04. The lowest BCUT2D eigenvalue weighted by Gasteiger charge is -2.11.